The summed E-state index contributed by atoms with van der Waals surface area (Å²) in [6.45, 7) is 2.85. The summed E-state index contributed by atoms with van der Waals surface area (Å²) in [4.78, 5) is 15.3. The molecule has 0 heterocycles. The van der Waals surface area contributed by atoms with Crippen molar-refractivity contribution in [2.45, 2.75) is 26.1 Å². The molecule has 0 fully saturated rings. The van der Waals surface area contributed by atoms with Gasteiger partial charge in [-0.2, -0.15) is 0 Å². The van der Waals surface area contributed by atoms with Gasteiger partial charge < -0.3 is 19.7 Å². The van der Waals surface area contributed by atoms with Crippen LogP contribution in [0.3, 0.4) is 0 Å². The van der Waals surface area contributed by atoms with Gasteiger partial charge in [-0.3, -0.25) is 0 Å². The number of amides is 2. The van der Waals surface area contributed by atoms with E-state index in [9.17, 15) is 4.79 Å². The quantitative estimate of drug-likeness (QED) is 0.233. The van der Waals surface area contributed by atoms with Crippen molar-refractivity contribution >= 4 is 27.6 Å². The van der Waals surface area contributed by atoms with Crippen LogP contribution in [0.25, 0.3) is 0 Å². The summed E-state index contributed by atoms with van der Waals surface area (Å²) in [5.74, 6) is 1.29. The molecule has 0 aliphatic heterocycles. The summed E-state index contributed by atoms with van der Waals surface area (Å²) in [6.07, 6.45) is 0. The first-order valence-electron chi connectivity index (χ1n) is 11.8. The second-order valence-electron chi connectivity index (χ2n) is 8.41. The van der Waals surface area contributed by atoms with Crippen LogP contribution in [0.1, 0.15) is 29.7 Å². The van der Waals surface area contributed by atoms with Crippen molar-refractivity contribution in [3.8, 4) is 11.5 Å². The minimum Gasteiger partial charge on any atom is -0.493 e. The number of carbonyl (C=O) groups is 1. The average molecular weight is 545 g/mol. The van der Waals surface area contributed by atoms with E-state index in [1.807, 2.05) is 115 Å². The maximum absolute atomic E-state index is 13.5. The van der Waals surface area contributed by atoms with E-state index in [-0.39, 0.29) is 12.1 Å². The molecule has 36 heavy (non-hydrogen) atoms. The average Bonchev–Trinajstić information content (AvgIpc) is 2.92. The number of benzene rings is 4. The molecule has 0 aromatic heterocycles. The lowest BCUT2D eigenvalue weighted by molar-refractivity contribution is 0.189. The Balaban J connectivity index is 1.58. The van der Waals surface area contributed by atoms with Crippen LogP contribution >= 0.6 is 15.9 Å². The first-order valence-corrected chi connectivity index (χ1v) is 12.5. The van der Waals surface area contributed by atoms with E-state index >= 15 is 0 Å². The molecule has 184 valence electrons. The molecule has 6 heteroatoms. The molecule has 0 saturated carbocycles. The molecule has 4 rings (SSSR count). The van der Waals surface area contributed by atoms with Gasteiger partial charge in [-0.15, -0.1) is 0 Å². The fourth-order valence-corrected chi connectivity index (χ4v) is 4.15. The third-order valence-electron chi connectivity index (χ3n) is 5.92. The van der Waals surface area contributed by atoms with Gasteiger partial charge in [0.15, 0.2) is 11.5 Å². The molecule has 5 nitrogen and oxygen atoms in total. The number of hydrogen-bond donors (Lipinski definition) is 1. The molecule has 0 aliphatic carbocycles. The highest BCUT2D eigenvalue weighted by Crippen LogP contribution is 2.31. The number of rotatable bonds is 9. The zero-order valence-corrected chi connectivity index (χ0v) is 21.9. The van der Waals surface area contributed by atoms with Gasteiger partial charge in [0.2, 0.25) is 0 Å². The zero-order valence-electron chi connectivity index (χ0n) is 20.4. The first kappa shape index (κ1) is 25.3. The van der Waals surface area contributed by atoms with Crippen molar-refractivity contribution in [1.29, 1.82) is 0 Å². The number of halogens is 1. The number of hydrogen-bond acceptors (Lipinski definition) is 3. The lowest BCUT2D eigenvalue weighted by Crippen LogP contribution is -2.36. The number of nitrogens with zero attached hydrogens (tertiary/aromatic N) is 1. The predicted molar refractivity (Wildman–Crippen MR) is 147 cm³/mol. The van der Waals surface area contributed by atoms with Gasteiger partial charge in [0.25, 0.3) is 0 Å². The van der Waals surface area contributed by atoms with Crippen LogP contribution in [-0.2, 0) is 13.2 Å². The number of methoxy groups -OCH3 is 1. The zero-order chi connectivity index (χ0) is 25.3. The Labute approximate surface area is 220 Å². The lowest BCUT2D eigenvalue weighted by atomic mass is 10.1. The normalized spacial score (nSPS) is 11.4. The van der Waals surface area contributed by atoms with Crippen molar-refractivity contribution in [3.63, 3.8) is 0 Å². The molecular weight excluding hydrogens is 516 g/mol. The smallest absolute Gasteiger partial charge is 0.322 e. The first-order chi connectivity index (χ1) is 17.5. The second kappa shape index (κ2) is 12.3. The number of ether oxygens (including phenoxy) is 2. The van der Waals surface area contributed by atoms with Gasteiger partial charge >= 0.3 is 6.03 Å². The van der Waals surface area contributed by atoms with E-state index in [0.29, 0.717) is 24.7 Å². The van der Waals surface area contributed by atoms with E-state index in [2.05, 4.69) is 21.2 Å². The van der Waals surface area contributed by atoms with E-state index in [1.54, 1.807) is 7.11 Å². The lowest BCUT2D eigenvalue weighted by Gasteiger charge is -2.30. The van der Waals surface area contributed by atoms with Gasteiger partial charge in [0.05, 0.1) is 13.2 Å². The Morgan fingerprint density at radius 2 is 1.53 bits per heavy atom. The van der Waals surface area contributed by atoms with Gasteiger partial charge in [0.1, 0.15) is 6.61 Å². The van der Waals surface area contributed by atoms with Crippen LogP contribution in [-0.4, -0.2) is 18.0 Å². The van der Waals surface area contributed by atoms with Gasteiger partial charge in [-0.25, -0.2) is 4.79 Å². The van der Waals surface area contributed by atoms with Crippen LogP contribution in [0.15, 0.2) is 108 Å². The predicted octanol–water partition coefficient (Wildman–Crippen LogP) is 7.83. The summed E-state index contributed by atoms with van der Waals surface area (Å²) in [7, 11) is 1.62. The highest BCUT2D eigenvalue weighted by Gasteiger charge is 2.23. The van der Waals surface area contributed by atoms with Crippen molar-refractivity contribution in [3.05, 3.63) is 124 Å². The molecule has 0 spiro atoms. The van der Waals surface area contributed by atoms with Crippen molar-refractivity contribution in [1.82, 2.24) is 4.90 Å². The standard InChI is InChI=1S/C30H29BrN2O3/c1-22(25-11-7-4-8-12-25)33(30(34)32-27-16-14-26(31)15-17-27)20-24-13-18-28(35-2)29(19-24)36-21-23-9-5-3-6-10-23/h3-19,22H,20-21H2,1-2H3,(H,32,34). The molecule has 1 N–H and O–H groups in total. The maximum Gasteiger partial charge on any atom is 0.322 e. The Morgan fingerprint density at radius 3 is 2.19 bits per heavy atom. The molecule has 0 bridgehead atoms. The van der Waals surface area contributed by atoms with E-state index in [4.69, 9.17) is 9.47 Å². The minimum absolute atomic E-state index is 0.155. The topological polar surface area (TPSA) is 50.8 Å². The molecule has 1 unspecified atom stereocenters. The minimum atomic E-state index is -0.184. The summed E-state index contributed by atoms with van der Waals surface area (Å²) >= 11 is 3.44. The van der Waals surface area contributed by atoms with E-state index in [1.165, 1.54) is 0 Å². The molecule has 4 aromatic carbocycles. The van der Waals surface area contributed by atoms with E-state index < -0.39 is 0 Å². The van der Waals surface area contributed by atoms with Crippen LogP contribution in [0, 0.1) is 0 Å². The molecule has 0 saturated heterocycles. The van der Waals surface area contributed by atoms with Crippen molar-refractivity contribution < 1.29 is 14.3 Å². The van der Waals surface area contributed by atoms with Crippen LogP contribution in [0.5, 0.6) is 11.5 Å². The molecule has 2 amide bonds. The van der Waals surface area contributed by atoms with Gasteiger partial charge in [-0.05, 0) is 60.0 Å². The molecule has 4 aromatic rings. The summed E-state index contributed by atoms with van der Waals surface area (Å²) in [5.41, 5.74) is 3.79. The highest BCUT2D eigenvalue weighted by atomic mass is 79.9. The van der Waals surface area contributed by atoms with E-state index in [0.717, 1.165) is 26.9 Å². The van der Waals surface area contributed by atoms with Crippen LogP contribution in [0.2, 0.25) is 0 Å². The number of nitrogens with one attached hydrogen (secondary N) is 1. The highest BCUT2D eigenvalue weighted by molar-refractivity contribution is 9.10. The third kappa shape index (κ3) is 6.67. The number of carbonyl (C=O) groups excluding carboxylic acids is 1. The monoisotopic (exact) mass is 544 g/mol. The fourth-order valence-electron chi connectivity index (χ4n) is 3.89. The summed E-state index contributed by atoms with van der Waals surface area (Å²) in [6, 6.07) is 33.0. The molecular formula is C30H29BrN2O3. The molecule has 0 aliphatic rings. The van der Waals surface area contributed by atoms with Crippen molar-refractivity contribution in [2.24, 2.45) is 0 Å². The largest absolute Gasteiger partial charge is 0.493 e. The number of anilines is 1. The van der Waals surface area contributed by atoms with Crippen LogP contribution in [0.4, 0.5) is 10.5 Å². The Bertz CT molecular complexity index is 1260. The second-order valence-corrected chi connectivity index (χ2v) is 9.33. The Hall–Kier alpha value is -3.77. The third-order valence-corrected chi connectivity index (χ3v) is 6.45. The summed E-state index contributed by atoms with van der Waals surface area (Å²) in [5, 5.41) is 3.03. The van der Waals surface area contributed by atoms with Crippen molar-refractivity contribution in [2.75, 3.05) is 12.4 Å². The van der Waals surface area contributed by atoms with Gasteiger partial charge in [-0.1, -0.05) is 82.7 Å². The maximum atomic E-state index is 13.5. The fraction of sp³-hybridized carbons (Fsp3) is 0.167. The summed E-state index contributed by atoms with van der Waals surface area (Å²) < 4.78 is 12.6. The Kier molecular flexibility index (Phi) is 8.63. The van der Waals surface area contributed by atoms with Gasteiger partial charge in [0, 0.05) is 16.7 Å². The van der Waals surface area contributed by atoms with Crippen LogP contribution < -0.4 is 14.8 Å². The number of urea groups is 1. The SMILES string of the molecule is COc1ccc(CN(C(=O)Nc2ccc(Br)cc2)C(C)c2ccccc2)cc1OCc1ccccc1. The molecule has 1 atom stereocenters. The molecule has 0 radical (unpaired) electrons. The Morgan fingerprint density at radius 1 is 0.861 bits per heavy atom.